The number of hydrogen-bond donors (Lipinski definition) is 1. The van der Waals surface area contributed by atoms with Gasteiger partial charge in [-0.05, 0) is 62.7 Å². The smallest absolute Gasteiger partial charge is 0.119 e. The van der Waals surface area contributed by atoms with Crippen molar-refractivity contribution in [2.45, 2.75) is 32.9 Å². The van der Waals surface area contributed by atoms with Gasteiger partial charge in [0, 0.05) is 12.4 Å². The number of aryl methyl sites for hydroxylation is 1. The third-order valence-corrected chi connectivity index (χ3v) is 3.26. The summed E-state index contributed by atoms with van der Waals surface area (Å²) in [5.41, 5.74) is 3.65. The third-order valence-electron chi connectivity index (χ3n) is 3.26. The second-order valence-electron chi connectivity index (χ2n) is 5.19. The SMILES string of the molecule is CNC(c1ccc(OC(C)C)cc1)c1cnccc1C. The number of nitrogens with zero attached hydrogens (tertiary/aromatic N) is 1. The topological polar surface area (TPSA) is 34.1 Å². The molecule has 0 amide bonds. The molecule has 3 nitrogen and oxygen atoms in total. The second-order valence-corrected chi connectivity index (χ2v) is 5.19. The highest BCUT2D eigenvalue weighted by atomic mass is 16.5. The lowest BCUT2D eigenvalue weighted by molar-refractivity contribution is 0.242. The standard InChI is InChI=1S/C17H22N2O/c1-12(2)20-15-7-5-14(6-8-15)17(18-4)16-11-19-10-9-13(16)3/h5-12,17-18H,1-4H3. The lowest BCUT2D eigenvalue weighted by Gasteiger charge is -2.19. The van der Waals surface area contributed by atoms with E-state index in [9.17, 15) is 0 Å². The molecule has 1 heterocycles. The Hall–Kier alpha value is -1.87. The highest BCUT2D eigenvalue weighted by molar-refractivity contribution is 5.37. The third kappa shape index (κ3) is 3.36. The van der Waals surface area contributed by atoms with Gasteiger partial charge in [0.2, 0.25) is 0 Å². The van der Waals surface area contributed by atoms with Crippen LogP contribution in [0.4, 0.5) is 0 Å². The molecule has 106 valence electrons. The van der Waals surface area contributed by atoms with E-state index in [0.717, 1.165) is 5.75 Å². The number of nitrogens with one attached hydrogen (secondary N) is 1. The summed E-state index contributed by atoms with van der Waals surface area (Å²) in [6.07, 6.45) is 3.95. The van der Waals surface area contributed by atoms with E-state index in [2.05, 4.69) is 29.4 Å². The predicted molar refractivity (Wildman–Crippen MR) is 82.1 cm³/mol. The molecular weight excluding hydrogens is 248 g/mol. The van der Waals surface area contributed by atoms with Gasteiger partial charge in [-0.25, -0.2) is 0 Å². The summed E-state index contributed by atoms with van der Waals surface area (Å²) in [7, 11) is 1.97. The van der Waals surface area contributed by atoms with Crippen LogP contribution in [0.15, 0.2) is 42.7 Å². The van der Waals surface area contributed by atoms with Crippen LogP contribution < -0.4 is 10.1 Å². The maximum atomic E-state index is 5.68. The van der Waals surface area contributed by atoms with E-state index in [1.807, 2.05) is 51.5 Å². The fourth-order valence-corrected chi connectivity index (χ4v) is 2.29. The highest BCUT2D eigenvalue weighted by Gasteiger charge is 2.14. The van der Waals surface area contributed by atoms with Gasteiger partial charge in [0.25, 0.3) is 0 Å². The van der Waals surface area contributed by atoms with Crippen LogP contribution in [0, 0.1) is 6.92 Å². The van der Waals surface area contributed by atoms with E-state index in [-0.39, 0.29) is 12.1 Å². The molecule has 1 unspecified atom stereocenters. The average Bonchev–Trinajstić information content (AvgIpc) is 2.43. The molecule has 1 aromatic carbocycles. The lowest BCUT2D eigenvalue weighted by atomic mass is 9.97. The van der Waals surface area contributed by atoms with Gasteiger partial charge < -0.3 is 10.1 Å². The van der Waals surface area contributed by atoms with Crippen molar-refractivity contribution in [2.75, 3.05) is 7.05 Å². The van der Waals surface area contributed by atoms with E-state index >= 15 is 0 Å². The first-order chi connectivity index (χ1) is 9.61. The minimum absolute atomic E-state index is 0.150. The van der Waals surface area contributed by atoms with Gasteiger partial charge in [-0.15, -0.1) is 0 Å². The molecular formula is C17H22N2O. The number of benzene rings is 1. The zero-order chi connectivity index (χ0) is 14.5. The summed E-state index contributed by atoms with van der Waals surface area (Å²) in [5, 5.41) is 3.35. The van der Waals surface area contributed by atoms with Gasteiger partial charge in [0.15, 0.2) is 0 Å². The Bertz CT molecular complexity index is 549. The fraction of sp³-hybridized carbons (Fsp3) is 0.353. The molecule has 2 rings (SSSR count). The first-order valence-corrected chi connectivity index (χ1v) is 6.96. The van der Waals surface area contributed by atoms with Crippen LogP contribution in [-0.2, 0) is 0 Å². The van der Waals surface area contributed by atoms with Crippen molar-refractivity contribution >= 4 is 0 Å². The Kier molecular flexibility index (Phi) is 4.74. The Balaban J connectivity index is 2.26. The number of pyridine rings is 1. The van der Waals surface area contributed by atoms with Gasteiger partial charge in [0.05, 0.1) is 12.1 Å². The maximum Gasteiger partial charge on any atom is 0.119 e. The summed E-state index contributed by atoms with van der Waals surface area (Å²) in [6.45, 7) is 6.17. The summed E-state index contributed by atoms with van der Waals surface area (Å²) >= 11 is 0. The van der Waals surface area contributed by atoms with Crippen LogP contribution >= 0.6 is 0 Å². The van der Waals surface area contributed by atoms with Crippen molar-refractivity contribution in [1.29, 1.82) is 0 Å². The van der Waals surface area contributed by atoms with E-state index < -0.39 is 0 Å². The number of hydrogen-bond acceptors (Lipinski definition) is 3. The minimum atomic E-state index is 0.150. The Morgan fingerprint density at radius 3 is 2.35 bits per heavy atom. The van der Waals surface area contributed by atoms with Crippen LogP contribution in [0.1, 0.15) is 36.6 Å². The van der Waals surface area contributed by atoms with Crippen LogP contribution in [-0.4, -0.2) is 18.1 Å². The second kappa shape index (κ2) is 6.53. The van der Waals surface area contributed by atoms with E-state index in [0.29, 0.717) is 0 Å². The summed E-state index contributed by atoms with van der Waals surface area (Å²) in [6, 6.07) is 10.4. The molecule has 0 bridgehead atoms. The van der Waals surface area contributed by atoms with Crippen LogP contribution in [0.2, 0.25) is 0 Å². The molecule has 0 fully saturated rings. The zero-order valence-corrected chi connectivity index (χ0v) is 12.6. The van der Waals surface area contributed by atoms with Crippen LogP contribution in [0.3, 0.4) is 0 Å². The average molecular weight is 270 g/mol. The molecule has 3 heteroatoms. The molecule has 0 saturated heterocycles. The lowest BCUT2D eigenvalue weighted by Crippen LogP contribution is -2.19. The summed E-state index contributed by atoms with van der Waals surface area (Å²) in [5.74, 6) is 0.904. The summed E-state index contributed by atoms with van der Waals surface area (Å²) in [4.78, 5) is 4.23. The molecule has 0 spiro atoms. The molecule has 1 aromatic heterocycles. The number of ether oxygens (including phenoxy) is 1. The normalized spacial score (nSPS) is 12.4. The first kappa shape index (κ1) is 14.5. The molecule has 1 N–H and O–H groups in total. The fourth-order valence-electron chi connectivity index (χ4n) is 2.29. The maximum absolute atomic E-state index is 5.68. The van der Waals surface area contributed by atoms with Crippen molar-refractivity contribution in [3.05, 3.63) is 59.4 Å². The van der Waals surface area contributed by atoms with Crippen molar-refractivity contribution < 1.29 is 4.74 Å². The first-order valence-electron chi connectivity index (χ1n) is 6.96. The molecule has 2 aromatic rings. The van der Waals surface area contributed by atoms with Crippen LogP contribution in [0.5, 0.6) is 5.75 Å². The molecule has 0 saturated carbocycles. The molecule has 1 atom stereocenters. The van der Waals surface area contributed by atoms with Crippen molar-refractivity contribution in [1.82, 2.24) is 10.3 Å². The molecule has 0 aliphatic carbocycles. The molecule has 0 aliphatic heterocycles. The van der Waals surface area contributed by atoms with Gasteiger partial charge in [0.1, 0.15) is 5.75 Å². The Morgan fingerprint density at radius 2 is 1.80 bits per heavy atom. The molecule has 0 aliphatic rings. The van der Waals surface area contributed by atoms with Gasteiger partial charge in [-0.1, -0.05) is 12.1 Å². The van der Waals surface area contributed by atoms with E-state index in [1.54, 1.807) is 0 Å². The number of aromatic nitrogens is 1. The number of rotatable bonds is 5. The van der Waals surface area contributed by atoms with Crippen LogP contribution in [0.25, 0.3) is 0 Å². The minimum Gasteiger partial charge on any atom is -0.491 e. The van der Waals surface area contributed by atoms with Crippen molar-refractivity contribution in [3.63, 3.8) is 0 Å². The Morgan fingerprint density at radius 1 is 1.10 bits per heavy atom. The van der Waals surface area contributed by atoms with Crippen molar-refractivity contribution in [3.8, 4) is 5.75 Å². The predicted octanol–water partition coefficient (Wildman–Crippen LogP) is 3.49. The van der Waals surface area contributed by atoms with Gasteiger partial charge >= 0.3 is 0 Å². The summed E-state index contributed by atoms with van der Waals surface area (Å²) < 4.78 is 5.68. The van der Waals surface area contributed by atoms with E-state index in [1.165, 1.54) is 16.7 Å². The zero-order valence-electron chi connectivity index (χ0n) is 12.6. The quantitative estimate of drug-likeness (QED) is 0.903. The monoisotopic (exact) mass is 270 g/mol. The van der Waals surface area contributed by atoms with Crippen molar-refractivity contribution in [2.24, 2.45) is 0 Å². The molecule has 0 radical (unpaired) electrons. The highest BCUT2D eigenvalue weighted by Crippen LogP contribution is 2.25. The van der Waals surface area contributed by atoms with E-state index in [4.69, 9.17) is 4.74 Å². The Labute approximate surface area is 121 Å². The largest absolute Gasteiger partial charge is 0.491 e. The van der Waals surface area contributed by atoms with Gasteiger partial charge in [-0.3, -0.25) is 4.98 Å². The molecule has 20 heavy (non-hydrogen) atoms. The van der Waals surface area contributed by atoms with Gasteiger partial charge in [-0.2, -0.15) is 0 Å².